The maximum Gasteiger partial charge on any atom is 0.178 e. The van der Waals surface area contributed by atoms with Gasteiger partial charge in [-0.05, 0) is 58.3 Å². The van der Waals surface area contributed by atoms with E-state index in [4.69, 9.17) is 17.0 Å². The number of fused-ring (bicyclic) bond motifs is 1. The number of rotatable bonds is 5. The topological polar surface area (TPSA) is 33.2 Å². The molecule has 1 unspecified atom stereocenters. The van der Waals surface area contributed by atoms with E-state index in [-0.39, 0.29) is 0 Å². The van der Waals surface area contributed by atoms with Crippen LogP contribution in [0.15, 0.2) is 18.2 Å². The molecule has 2 aromatic rings. The van der Waals surface area contributed by atoms with Crippen LogP contribution >= 0.6 is 12.2 Å². The number of hydrogen-bond donors (Lipinski definition) is 1. The van der Waals surface area contributed by atoms with Crippen LogP contribution in [0.25, 0.3) is 11.0 Å². The van der Waals surface area contributed by atoms with Gasteiger partial charge in [0, 0.05) is 6.04 Å². The maximum atomic E-state index is 5.45. The van der Waals surface area contributed by atoms with E-state index >= 15 is 0 Å². The van der Waals surface area contributed by atoms with Crippen molar-refractivity contribution in [3.05, 3.63) is 23.0 Å². The van der Waals surface area contributed by atoms with E-state index in [9.17, 15) is 0 Å². The number of nitrogens with zero attached hydrogens (tertiary/aromatic N) is 2. The summed E-state index contributed by atoms with van der Waals surface area (Å²) in [5.74, 6) is 0.835. The molecule has 1 atom stereocenters. The van der Waals surface area contributed by atoms with E-state index in [0.717, 1.165) is 34.5 Å². The van der Waals surface area contributed by atoms with Crippen LogP contribution in [-0.2, 0) is 0 Å². The highest BCUT2D eigenvalue weighted by Gasteiger charge is 2.13. The van der Waals surface area contributed by atoms with E-state index in [1.807, 2.05) is 12.1 Å². The monoisotopic (exact) mass is 279 g/mol. The Balaban J connectivity index is 2.43. The normalized spacial score (nSPS) is 13.1. The number of nitrogens with one attached hydrogen (secondary N) is 1. The average molecular weight is 279 g/mol. The van der Waals surface area contributed by atoms with E-state index in [1.165, 1.54) is 0 Å². The number of ether oxygens (including phenoxy) is 1. The standard InChI is InChI=1S/C14H21N3OS/c1-10(8-9-16(2)3)17-11-6-5-7-12(18-4)13(11)15-14(17)19/h5-7,10H,8-9H2,1-4H3,(H,15,19). The van der Waals surface area contributed by atoms with Crippen LogP contribution in [-0.4, -0.2) is 42.2 Å². The van der Waals surface area contributed by atoms with Crippen molar-refractivity contribution < 1.29 is 4.74 Å². The molecule has 1 heterocycles. The Hall–Kier alpha value is -1.33. The van der Waals surface area contributed by atoms with Gasteiger partial charge >= 0.3 is 0 Å². The van der Waals surface area contributed by atoms with Crippen LogP contribution in [0.4, 0.5) is 0 Å². The zero-order valence-corrected chi connectivity index (χ0v) is 12.8. The van der Waals surface area contributed by atoms with Crippen molar-refractivity contribution in [1.29, 1.82) is 0 Å². The van der Waals surface area contributed by atoms with Gasteiger partial charge in [-0.3, -0.25) is 0 Å². The molecule has 4 nitrogen and oxygen atoms in total. The number of hydrogen-bond acceptors (Lipinski definition) is 3. The van der Waals surface area contributed by atoms with E-state index in [1.54, 1.807) is 7.11 Å². The highest BCUT2D eigenvalue weighted by atomic mass is 32.1. The smallest absolute Gasteiger partial charge is 0.178 e. The largest absolute Gasteiger partial charge is 0.494 e. The minimum atomic E-state index is 0.357. The van der Waals surface area contributed by atoms with Crippen LogP contribution in [0.2, 0.25) is 0 Å². The summed E-state index contributed by atoms with van der Waals surface area (Å²) in [4.78, 5) is 5.44. The zero-order valence-electron chi connectivity index (χ0n) is 11.9. The van der Waals surface area contributed by atoms with Gasteiger partial charge in [0.2, 0.25) is 0 Å². The fourth-order valence-electron chi connectivity index (χ4n) is 2.30. The van der Waals surface area contributed by atoms with Crippen LogP contribution < -0.4 is 4.74 Å². The molecule has 0 amide bonds. The van der Waals surface area contributed by atoms with Gasteiger partial charge in [0.15, 0.2) is 4.77 Å². The Morgan fingerprint density at radius 3 is 2.79 bits per heavy atom. The molecule has 1 aromatic heterocycles. The van der Waals surface area contributed by atoms with Gasteiger partial charge in [-0.15, -0.1) is 0 Å². The fraction of sp³-hybridized carbons (Fsp3) is 0.500. The number of H-pyrrole nitrogens is 1. The Labute approximate surface area is 119 Å². The first-order chi connectivity index (χ1) is 9.04. The first-order valence-corrected chi connectivity index (χ1v) is 6.87. The predicted octanol–water partition coefficient (Wildman–Crippen LogP) is 3.22. The van der Waals surface area contributed by atoms with Gasteiger partial charge in [0.05, 0.1) is 12.6 Å². The third kappa shape index (κ3) is 2.82. The lowest BCUT2D eigenvalue weighted by atomic mass is 10.2. The van der Waals surface area contributed by atoms with Crippen molar-refractivity contribution in [2.45, 2.75) is 19.4 Å². The molecule has 0 aliphatic carbocycles. The number of para-hydroxylation sites is 1. The number of benzene rings is 1. The molecule has 5 heteroatoms. The Kier molecular flexibility index (Phi) is 4.27. The summed E-state index contributed by atoms with van der Waals surface area (Å²) in [5, 5.41) is 0. The van der Waals surface area contributed by atoms with E-state index in [2.05, 4.69) is 41.5 Å². The van der Waals surface area contributed by atoms with Gasteiger partial charge in [0.25, 0.3) is 0 Å². The molecule has 104 valence electrons. The SMILES string of the molecule is COc1cccc2c1[nH]c(=S)n2C(C)CCN(C)C. The van der Waals surface area contributed by atoms with Crippen LogP contribution in [0.1, 0.15) is 19.4 Å². The molecule has 0 saturated heterocycles. The molecule has 0 fully saturated rings. The number of aromatic nitrogens is 2. The highest BCUT2D eigenvalue weighted by Crippen LogP contribution is 2.27. The maximum absolute atomic E-state index is 5.45. The third-order valence-electron chi connectivity index (χ3n) is 3.37. The lowest BCUT2D eigenvalue weighted by Crippen LogP contribution is -2.17. The summed E-state index contributed by atoms with van der Waals surface area (Å²) in [5.41, 5.74) is 2.09. The van der Waals surface area contributed by atoms with Gasteiger partial charge in [-0.25, -0.2) is 0 Å². The Bertz CT molecular complexity index is 615. The van der Waals surface area contributed by atoms with Crippen LogP contribution in [0.3, 0.4) is 0 Å². The third-order valence-corrected chi connectivity index (χ3v) is 3.67. The minimum Gasteiger partial charge on any atom is -0.494 e. The van der Waals surface area contributed by atoms with Gasteiger partial charge < -0.3 is 19.2 Å². The van der Waals surface area contributed by atoms with Crippen LogP contribution in [0, 0.1) is 4.77 Å². The van der Waals surface area contributed by atoms with Crippen molar-refractivity contribution in [3.63, 3.8) is 0 Å². The first kappa shape index (κ1) is 14.1. The van der Waals surface area contributed by atoms with E-state index < -0.39 is 0 Å². The second kappa shape index (κ2) is 5.75. The summed E-state index contributed by atoms with van der Waals surface area (Å²) < 4.78 is 8.31. The van der Waals surface area contributed by atoms with Crippen LogP contribution in [0.5, 0.6) is 5.75 Å². The molecule has 19 heavy (non-hydrogen) atoms. The second-order valence-electron chi connectivity index (χ2n) is 5.10. The Morgan fingerprint density at radius 1 is 1.42 bits per heavy atom. The van der Waals surface area contributed by atoms with Gasteiger partial charge in [-0.2, -0.15) is 0 Å². The molecule has 1 aromatic carbocycles. The van der Waals surface area contributed by atoms with Crippen molar-refractivity contribution in [2.24, 2.45) is 0 Å². The molecule has 1 N–H and O–H groups in total. The summed E-state index contributed by atoms with van der Waals surface area (Å²) in [6, 6.07) is 6.38. The molecule has 0 saturated carbocycles. The lowest BCUT2D eigenvalue weighted by molar-refractivity contribution is 0.359. The summed E-state index contributed by atoms with van der Waals surface area (Å²) in [6.07, 6.45) is 1.06. The van der Waals surface area contributed by atoms with Crippen molar-refractivity contribution in [1.82, 2.24) is 14.5 Å². The van der Waals surface area contributed by atoms with Gasteiger partial charge in [-0.1, -0.05) is 6.07 Å². The van der Waals surface area contributed by atoms with E-state index in [0.29, 0.717) is 6.04 Å². The van der Waals surface area contributed by atoms with Crippen molar-refractivity contribution in [2.75, 3.05) is 27.7 Å². The number of imidazole rings is 1. The molecule has 2 rings (SSSR count). The summed E-state index contributed by atoms with van der Waals surface area (Å²) in [7, 11) is 5.85. The van der Waals surface area contributed by atoms with Gasteiger partial charge in [0.1, 0.15) is 11.3 Å². The molecular weight excluding hydrogens is 258 g/mol. The summed E-state index contributed by atoms with van der Waals surface area (Å²) >= 11 is 5.45. The molecular formula is C14H21N3OS. The zero-order chi connectivity index (χ0) is 14.0. The molecule has 0 spiro atoms. The van der Waals surface area contributed by atoms with Crippen molar-refractivity contribution in [3.8, 4) is 5.75 Å². The predicted molar refractivity (Wildman–Crippen MR) is 81.6 cm³/mol. The number of methoxy groups -OCH3 is 1. The molecule has 0 aliphatic rings. The quantitative estimate of drug-likeness (QED) is 0.853. The van der Waals surface area contributed by atoms with Crippen molar-refractivity contribution >= 4 is 23.3 Å². The highest BCUT2D eigenvalue weighted by molar-refractivity contribution is 7.71. The Morgan fingerprint density at radius 2 is 2.16 bits per heavy atom. The fourth-order valence-corrected chi connectivity index (χ4v) is 2.68. The average Bonchev–Trinajstić information content (AvgIpc) is 2.71. The second-order valence-corrected chi connectivity index (χ2v) is 5.48. The number of aromatic amines is 1. The lowest BCUT2D eigenvalue weighted by Gasteiger charge is -2.17. The molecule has 0 bridgehead atoms. The molecule has 0 radical (unpaired) electrons. The minimum absolute atomic E-state index is 0.357. The molecule has 0 aliphatic heterocycles. The first-order valence-electron chi connectivity index (χ1n) is 6.46. The summed E-state index contributed by atoms with van der Waals surface area (Å²) in [6.45, 7) is 3.24.